The summed E-state index contributed by atoms with van der Waals surface area (Å²) >= 11 is 0. The van der Waals surface area contributed by atoms with Crippen LogP contribution >= 0.6 is 0 Å². The lowest BCUT2D eigenvalue weighted by atomic mass is 10.0. The van der Waals surface area contributed by atoms with Crippen LogP contribution in [0.1, 0.15) is 24.5 Å². The van der Waals surface area contributed by atoms with Crippen LogP contribution in [0, 0.1) is 19.8 Å². The predicted molar refractivity (Wildman–Crippen MR) is 72.5 cm³/mol. The Bertz CT molecular complexity index is 471. The molecule has 0 bridgehead atoms. The first-order valence-corrected chi connectivity index (χ1v) is 6.27. The highest BCUT2D eigenvalue weighted by molar-refractivity contribution is 5.95. The van der Waals surface area contributed by atoms with Crippen molar-refractivity contribution in [1.29, 1.82) is 0 Å². The van der Waals surface area contributed by atoms with Gasteiger partial charge in [-0.2, -0.15) is 0 Å². The Balaban J connectivity index is 2.14. The predicted octanol–water partition coefficient (Wildman–Crippen LogP) is 2.25. The minimum atomic E-state index is -0.0553. The van der Waals surface area contributed by atoms with Gasteiger partial charge in [0.15, 0.2) is 0 Å². The molecule has 4 nitrogen and oxygen atoms in total. The normalized spacial score (nSPS) is 23.1. The van der Waals surface area contributed by atoms with Gasteiger partial charge in [-0.05, 0) is 44.4 Å². The molecule has 1 aromatic carbocycles. The Hall–Kier alpha value is -1.55. The first kappa shape index (κ1) is 12.9. The summed E-state index contributed by atoms with van der Waals surface area (Å²) in [4.78, 5) is 12.1. The Morgan fingerprint density at radius 3 is 2.78 bits per heavy atom. The third-order valence-electron chi connectivity index (χ3n) is 3.53. The number of carbonyl (C=O) groups is 1. The number of nitrogen functional groups attached to an aromatic ring is 1. The molecule has 0 spiro atoms. The van der Waals surface area contributed by atoms with E-state index in [-0.39, 0.29) is 17.9 Å². The van der Waals surface area contributed by atoms with Crippen LogP contribution in [-0.2, 0) is 9.53 Å². The quantitative estimate of drug-likeness (QED) is 0.789. The SMILES string of the molecule is Cc1ccc(N)c(C)c1NC(=O)C1COC(C)C1. The van der Waals surface area contributed by atoms with Gasteiger partial charge in [-0.3, -0.25) is 4.79 Å². The second-order valence-corrected chi connectivity index (χ2v) is 5.04. The van der Waals surface area contributed by atoms with E-state index in [0.29, 0.717) is 12.3 Å². The molecule has 1 saturated heterocycles. The highest BCUT2D eigenvalue weighted by Gasteiger charge is 2.28. The topological polar surface area (TPSA) is 64.3 Å². The highest BCUT2D eigenvalue weighted by atomic mass is 16.5. The van der Waals surface area contributed by atoms with Crippen LogP contribution < -0.4 is 11.1 Å². The molecule has 1 amide bonds. The standard InChI is InChI=1S/C14H20N2O2/c1-8-4-5-12(15)10(3)13(8)16-14(17)11-6-9(2)18-7-11/h4-5,9,11H,6-7,15H2,1-3H3,(H,16,17). The molecule has 2 unspecified atom stereocenters. The molecule has 0 aliphatic carbocycles. The van der Waals surface area contributed by atoms with E-state index in [9.17, 15) is 4.79 Å². The smallest absolute Gasteiger partial charge is 0.229 e. The van der Waals surface area contributed by atoms with Gasteiger partial charge in [0.05, 0.1) is 18.6 Å². The van der Waals surface area contributed by atoms with Gasteiger partial charge in [0.1, 0.15) is 0 Å². The molecule has 1 heterocycles. The highest BCUT2D eigenvalue weighted by Crippen LogP contribution is 2.27. The third kappa shape index (κ3) is 2.48. The maximum Gasteiger partial charge on any atom is 0.229 e. The van der Waals surface area contributed by atoms with Crippen LogP contribution in [0.2, 0.25) is 0 Å². The molecule has 0 aromatic heterocycles. The Labute approximate surface area is 108 Å². The summed E-state index contributed by atoms with van der Waals surface area (Å²) in [5, 5.41) is 2.98. The summed E-state index contributed by atoms with van der Waals surface area (Å²) in [6.45, 7) is 6.39. The number of hydrogen-bond donors (Lipinski definition) is 2. The van der Waals surface area contributed by atoms with E-state index in [1.54, 1.807) is 0 Å². The molecule has 3 N–H and O–H groups in total. The molecule has 0 saturated carbocycles. The van der Waals surface area contributed by atoms with Crippen LogP contribution in [0.25, 0.3) is 0 Å². The fourth-order valence-electron chi connectivity index (χ4n) is 2.28. The summed E-state index contributed by atoms with van der Waals surface area (Å²) in [5.41, 5.74) is 9.35. The summed E-state index contributed by atoms with van der Waals surface area (Å²) in [6.07, 6.45) is 0.954. The Morgan fingerprint density at radius 2 is 2.17 bits per heavy atom. The molecule has 2 rings (SSSR count). The zero-order valence-electron chi connectivity index (χ0n) is 11.1. The van der Waals surface area contributed by atoms with Crippen molar-refractivity contribution in [1.82, 2.24) is 0 Å². The maximum atomic E-state index is 12.1. The Morgan fingerprint density at radius 1 is 1.44 bits per heavy atom. The van der Waals surface area contributed by atoms with E-state index in [1.807, 2.05) is 32.9 Å². The van der Waals surface area contributed by atoms with Crippen LogP contribution in [0.15, 0.2) is 12.1 Å². The van der Waals surface area contributed by atoms with E-state index in [2.05, 4.69) is 5.32 Å². The number of nitrogens with one attached hydrogen (secondary N) is 1. The first-order valence-electron chi connectivity index (χ1n) is 6.27. The molecule has 2 atom stereocenters. The molecule has 1 aliphatic heterocycles. The number of amides is 1. The lowest BCUT2D eigenvalue weighted by Gasteiger charge is -2.15. The van der Waals surface area contributed by atoms with E-state index in [4.69, 9.17) is 10.5 Å². The average Bonchev–Trinajstić information content (AvgIpc) is 2.76. The molecule has 1 aliphatic rings. The van der Waals surface area contributed by atoms with Crippen molar-refractivity contribution in [3.05, 3.63) is 23.3 Å². The monoisotopic (exact) mass is 248 g/mol. The lowest BCUT2D eigenvalue weighted by molar-refractivity contribution is -0.119. The molecule has 18 heavy (non-hydrogen) atoms. The average molecular weight is 248 g/mol. The summed E-state index contributed by atoms with van der Waals surface area (Å²) in [6, 6.07) is 3.78. The van der Waals surface area contributed by atoms with Gasteiger partial charge < -0.3 is 15.8 Å². The maximum absolute atomic E-state index is 12.1. The first-order chi connectivity index (χ1) is 8.49. The number of carbonyl (C=O) groups excluding carboxylic acids is 1. The van der Waals surface area contributed by atoms with Gasteiger partial charge in [-0.1, -0.05) is 6.07 Å². The van der Waals surface area contributed by atoms with Gasteiger partial charge >= 0.3 is 0 Å². The van der Waals surface area contributed by atoms with Crippen LogP contribution in [0.5, 0.6) is 0 Å². The zero-order chi connectivity index (χ0) is 13.3. The fraction of sp³-hybridized carbons (Fsp3) is 0.500. The van der Waals surface area contributed by atoms with Gasteiger partial charge in [-0.25, -0.2) is 0 Å². The molecule has 1 fully saturated rings. The number of benzene rings is 1. The number of nitrogens with two attached hydrogens (primary N) is 1. The van der Waals surface area contributed by atoms with Crippen molar-refractivity contribution in [2.45, 2.75) is 33.3 Å². The van der Waals surface area contributed by atoms with E-state index in [0.717, 1.165) is 23.2 Å². The molecule has 98 valence electrons. The van der Waals surface area contributed by atoms with E-state index in [1.165, 1.54) is 0 Å². The number of anilines is 2. The van der Waals surface area contributed by atoms with Gasteiger partial charge in [0.25, 0.3) is 0 Å². The van der Waals surface area contributed by atoms with E-state index >= 15 is 0 Å². The summed E-state index contributed by atoms with van der Waals surface area (Å²) < 4.78 is 5.42. The summed E-state index contributed by atoms with van der Waals surface area (Å²) in [7, 11) is 0. The molecule has 0 radical (unpaired) electrons. The third-order valence-corrected chi connectivity index (χ3v) is 3.53. The fourth-order valence-corrected chi connectivity index (χ4v) is 2.28. The number of aryl methyl sites for hydroxylation is 1. The number of ether oxygens (including phenoxy) is 1. The van der Waals surface area contributed by atoms with Crippen LogP contribution in [0.4, 0.5) is 11.4 Å². The van der Waals surface area contributed by atoms with Crippen LogP contribution in [0.3, 0.4) is 0 Å². The van der Waals surface area contributed by atoms with Gasteiger partial charge in [-0.15, -0.1) is 0 Å². The van der Waals surface area contributed by atoms with Crippen molar-refractivity contribution in [3.8, 4) is 0 Å². The van der Waals surface area contributed by atoms with Gasteiger partial charge in [0.2, 0.25) is 5.91 Å². The second-order valence-electron chi connectivity index (χ2n) is 5.04. The Kier molecular flexibility index (Phi) is 3.57. The van der Waals surface area contributed by atoms with Crippen molar-refractivity contribution in [2.75, 3.05) is 17.7 Å². The lowest BCUT2D eigenvalue weighted by Crippen LogP contribution is -2.24. The van der Waals surface area contributed by atoms with Crippen LogP contribution in [-0.4, -0.2) is 18.6 Å². The van der Waals surface area contributed by atoms with Crippen molar-refractivity contribution >= 4 is 17.3 Å². The van der Waals surface area contributed by atoms with Crippen molar-refractivity contribution in [2.24, 2.45) is 5.92 Å². The molecule has 1 aromatic rings. The molecular formula is C14H20N2O2. The second kappa shape index (κ2) is 4.98. The van der Waals surface area contributed by atoms with Crippen molar-refractivity contribution in [3.63, 3.8) is 0 Å². The van der Waals surface area contributed by atoms with Gasteiger partial charge in [0, 0.05) is 11.4 Å². The molecule has 4 heteroatoms. The van der Waals surface area contributed by atoms with Crippen molar-refractivity contribution < 1.29 is 9.53 Å². The molecular weight excluding hydrogens is 228 g/mol. The minimum Gasteiger partial charge on any atom is -0.398 e. The number of rotatable bonds is 2. The summed E-state index contributed by atoms with van der Waals surface area (Å²) in [5.74, 6) is -0.0311. The zero-order valence-corrected chi connectivity index (χ0v) is 11.1. The minimum absolute atomic E-state index is 0.0242. The van der Waals surface area contributed by atoms with E-state index < -0.39 is 0 Å². The largest absolute Gasteiger partial charge is 0.398 e. The number of hydrogen-bond acceptors (Lipinski definition) is 3.